The molecule has 0 spiro atoms. The number of ether oxygens (including phenoxy) is 1. The summed E-state index contributed by atoms with van der Waals surface area (Å²) in [6.45, 7) is 11.3. The van der Waals surface area contributed by atoms with Crippen molar-refractivity contribution in [2.75, 3.05) is 6.61 Å². The van der Waals surface area contributed by atoms with Gasteiger partial charge in [0.1, 0.15) is 0 Å². The van der Waals surface area contributed by atoms with Crippen molar-refractivity contribution in [2.45, 2.75) is 71.5 Å². The van der Waals surface area contributed by atoms with Gasteiger partial charge in [0.25, 0.3) is 0 Å². The van der Waals surface area contributed by atoms with Crippen LogP contribution in [0.2, 0.25) is 0 Å². The summed E-state index contributed by atoms with van der Waals surface area (Å²) >= 11 is 0. The van der Waals surface area contributed by atoms with E-state index in [9.17, 15) is 5.11 Å². The van der Waals surface area contributed by atoms with E-state index in [0.29, 0.717) is 0 Å². The van der Waals surface area contributed by atoms with Gasteiger partial charge in [-0.1, -0.05) is 29.9 Å². The van der Waals surface area contributed by atoms with Crippen molar-refractivity contribution in [1.82, 2.24) is 0 Å². The molecular formula is C20H30O2. The van der Waals surface area contributed by atoms with Crippen LogP contribution in [0.15, 0.2) is 46.6 Å². The van der Waals surface area contributed by atoms with Crippen LogP contribution in [0, 0.1) is 0 Å². The van der Waals surface area contributed by atoms with Gasteiger partial charge >= 0.3 is 0 Å². The summed E-state index contributed by atoms with van der Waals surface area (Å²) in [6, 6.07) is 0. The Morgan fingerprint density at radius 1 is 1.09 bits per heavy atom. The minimum atomic E-state index is -0.388. The average molecular weight is 302 g/mol. The Morgan fingerprint density at radius 2 is 1.86 bits per heavy atom. The highest BCUT2D eigenvalue weighted by atomic mass is 16.5. The summed E-state index contributed by atoms with van der Waals surface area (Å²) in [7, 11) is 0. The lowest BCUT2D eigenvalue weighted by Gasteiger charge is -2.17. The zero-order valence-corrected chi connectivity index (χ0v) is 14.3. The molecule has 1 N–H and O–H groups in total. The number of aliphatic hydroxyl groups excluding tert-OH is 1. The standard InChI is InChI=1S/C20H30O2/c1-14-6-5-7-16(3)19(21)11-9-15(2)12-20-18(10-8-14)17(4)13-22-20/h6,12,19-21H,3,5,7-11,13H2,1-2,4H3. The molecule has 0 radical (unpaired) electrons. The van der Waals surface area contributed by atoms with Crippen LogP contribution in [0.3, 0.4) is 0 Å². The van der Waals surface area contributed by atoms with Gasteiger partial charge in [-0.15, -0.1) is 0 Å². The molecule has 0 saturated carbocycles. The predicted molar refractivity (Wildman–Crippen MR) is 92.8 cm³/mol. The summed E-state index contributed by atoms with van der Waals surface area (Å²) in [4.78, 5) is 0. The smallest absolute Gasteiger partial charge is 0.0977 e. The topological polar surface area (TPSA) is 29.5 Å². The molecule has 1 aliphatic carbocycles. The molecule has 2 unspecified atom stereocenters. The van der Waals surface area contributed by atoms with Gasteiger partial charge in [0.15, 0.2) is 0 Å². The van der Waals surface area contributed by atoms with Gasteiger partial charge in [-0.3, -0.25) is 0 Å². The fourth-order valence-corrected chi connectivity index (χ4v) is 3.17. The van der Waals surface area contributed by atoms with E-state index in [-0.39, 0.29) is 12.2 Å². The lowest BCUT2D eigenvalue weighted by Crippen LogP contribution is -2.11. The lowest BCUT2D eigenvalue weighted by atomic mass is 9.94. The molecule has 2 atom stereocenters. The van der Waals surface area contributed by atoms with Crippen molar-refractivity contribution in [3.8, 4) is 0 Å². The van der Waals surface area contributed by atoms with Crippen LogP contribution < -0.4 is 0 Å². The molecule has 1 aliphatic heterocycles. The predicted octanol–water partition coefficient (Wildman–Crippen LogP) is 4.87. The van der Waals surface area contributed by atoms with Gasteiger partial charge in [0.05, 0.1) is 18.8 Å². The Morgan fingerprint density at radius 3 is 2.64 bits per heavy atom. The Hall–Kier alpha value is -1.12. The number of rotatable bonds is 0. The Kier molecular flexibility index (Phi) is 6.22. The van der Waals surface area contributed by atoms with Crippen LogP contribution in [0.1, 0.15) is 59.3 Å². The third kappa shape index (κ3) is 4.69. The summed E-state index contributed by atoms with van der Waals surface area (Å²) in [5.74, 6) is 0. The van der Waals surface area contributed by atoms with Crippen LogP contribution in [-0.4, -0.2) is 23.9 Å². The van der Waals surface area contributed by atoms with Gasteiger partial charge in [0, 0.05) is 0 Å². The van der Waals surface area contributed by atoms with E-state index in [1.165, 1.54) is 22.3 Å². The van der Waals surface area contributed by atoms with Crippen LogP contribution in [0.25, 0.3) is 0 Å². The van der Waals surface area contributed by atoms with Crippen molar-refractivity contribution in [3.63, 3.8) is 0 Å². The van der Waals surface area contributed by atoms with Gasteiger partial charge < -0.3 is 9.84 Å². The lowest BCUT2D eigenvalue weighted by molar-refractivity contribution is 0.150. The van der Waals surface area contributed by atoms with E-state index >= 15 is 0 Å². The molecule has 0 aromatic rings. The summed E-state index contributed by atoms with van der Waals surface area (Å²) in [5.41, 5.74) is 6.53. The summed E-state index contributed by atoms with van der Waals surface area (Å²) in [6.07, 6.45) is 9.99. The largest absolute Gasteiger partial charge is 0.389 e. The Labute approximate surface area is 135 Å². The molecule has 2 rings (SSSR count). The second-order valence-corrected chi connectivity index (χ2v) is 6.85. The monoisotopic (exact) mass is 302 g/mol. The average Bonchev–Trinajstić information content (AvgIpc) is 2.82. The maximum atomic E-state index is 10.2. The molecule has 0 bridgehead atoms. The van der Waals surface area contributed by atoms with Crippen LogP contribution in [0.4, 0.5) is 0 Å². The number of hydrogen-bond donors (Lipinski definition) is 1. The van der Waals surface area contributed by atoms with Gasteiger partial charge in [-0.2, -0.15) is 0 Å². The van der Waals surface area contributed by atoms with Gasteiger partial charge in [0.2, 0.25) is 0 Å². The molecule has 2 heteroatoms. The highest BCUT2D eigenvalue weighted by Crippen LogP contribution is 2.29. The first-order chi connectivity index (χ1) is 10.5. The molecule has 0 aromatic heterocycles. The fourth-order valence-electron chi connectivity index (χ4n) is 3.17. The zero-order chi connectivity index (χ0) is 16.1. The maximum Gasteiger partial charge on any atom is 0.0977 e. The number of fused-ring (bicyclic) bond motifs is 1. The molecule has 0 aromatic carbocycles. The molecule has 0 saturated heterocycles. The highest BCUT2D eigenvalue weighted by Gasteiger charge is 2.22. The van der Waals surface area contributed by atoms with Crippen molar-refractivity contribution < 1.29 is 9.84 Å². The Bertz CT molecular complexity index is 508. The summed E-state index contributed by atoms with van der Waals surface area (Å²) < 4.78 is 5.93. The third-order valence-corrected chi connectivity index (χ3v) is 4.84. The first kappa shape index (κ1) is 17.2. The van der Waals surface area contributed by atoms with E-state index in [1.807, 2.05) is 0 Å². The quantitative estimate of drug-likeness (QED) is 0.647. The summed E-state index contributed by atoms with van der Waals surface area (Å²) in [5, 5.41) is 10.2. The zero-order valence-electron chi connectivity index (χ0n) is 14.3. The first-order valence-electron chi connectivity index (χ1n) is 8.46. The van der Waals surface area contributed by atoms with Crippen LogP contribution in [-0.2, 0) is 4.74 Å². The van der Waals surface area contributed by atoms with Crippen molar-refractivity contribution in [2.24, 2.45) is 0 Å². The molecule has 1 heterocycles. The van der Waals surface area contributed by atoms with Gasteiger partial charge in [-0.05, 0) is 76.0 Å². The maximum absolute atomic E-state index is 10.2. The minimum absolute atomic E-state index is 0.135. The Balaban J connectivity index is 2.17. The van der Waals surface area contributed by atoms with E-state index in [1.54, 1.807) is 0 Å². The molecular weight excluding hydrogens is 272 g/mol. The molecule has 122 valence electrons. The van der Waals surface area contributed by atoms with E-state index in [2.05, 4.69) is 39.5 Å². The van der Waals surface area contributed by atoms with E-state index in [4.69, 9.17) is 4.74 Å². The van der Waals surface area contributed by atoms with Crippen molar-refractivity contribution in [1.29, 1.82) is 0 Å². The number of allylic oxidation sites excluding steroid dienone is 3. The van der Waals surface area contributed by atoms with Crippen molar-refractivity contribution >= 4 is 0 Å². The molecule has 2 nitrogen and oxygen atoms in total. The molecule has 0 fully saturated rings. The minimum Gasteiger partial charge on any atom is -0.389 e. The third-order valence-electron chi connectivity index (χ3n) is 4.84. The van der Waals surface area contributed by atoms with Crippen LogP contribution in [0.5, 0.6) is 0 Å². The van der Waals surface area contributed by atoms with E-state index < -0.39 is 0 Å². The fraction of sp³-hybridized carbons (Fsp3) is 0.600. The first-order valence-corrected chi connectivity index (χ1v) is 8.46. The molecule has 2 aliphatic rings. The number of hydrogen-bond acceptors (Lipinski definition) is 2. The number of aliphatic hydroxyl groups is 1. The molecule has 0 amide bonds. The SMILES string of the molecule is C=C1CCC=C(C)CCC2=C(C)COC2C=C(C)CCC1O. The normalized spacial score (nSPS) is 28.8. The highest BCUT2D eigenvalue weighted by molar-refractivity contribution is 5.29. The van der Waals surface area contributed by atoms with E-state index in [0.717, 1.165) is 50.7 Å². The second-order valence-electron chi connectivity index (χ2n) is 6.85. The van der Waals surface area contributed by atoms with Crippen molar-refractivity contribution in [3.05, 3.63) is 46.6 Å². The second kappa shape index (κ2) is 7.94. The van der Waals surface area contributed by atoms with Crippen LogP contribution >= 0.6 is 0 Å². The van der Waals surface area contributed by atoms with Gasteiger partial charge in [-0.25, -0.2) is 0 Å². The molecule has 22 heavy (non-hydrogen) atoms.